The van der Waals surface area contributed by atoms with E-state index in [1.165, 1.54) is 0 Å². The third-order valence-corrected chi connectivity index (χ3v) is 0. The minimum atomic E-state index is -0.500. The molecule has 0 radical (unpaired) electrons. The van der Waals surface area contributed by atoms with Gasteiger partial charge in [0.15, 0.2) is 0 Å². The van der Waals surface area contributed by atoms with Crippen LogP contribution >= 0.6 is 0 Å². The number of rotatable bonds is 0. The van der Waals surface area contributed by atoms with E-state index in [1.807, 2.05) is 0 Å². The van der Waals surface area contributed by atoms with Crippen LogP contribution in [-0.2, 0) is 14.4 Å². The number of hydrogen-bond donors (Lipinski definition) is 2. The van der Waals surface area contributed by atoms with Crippen molar-refractivity contribution in [1.29, 1.82) is 0 Å². The summed E-state index contributed by atoms with van der Waals surface area (Å²) in [5.41, 5.74) is 0. The van der Waals surface area contributed by atoms with Crippen LogP contribution in [0.15, 0.2) is 0 Å². The van der Waals surface area contributed by atoms with E-state index in [1.54, 1.807) is 0 Å². The van der Waals surface area contributed by atoms with Gasteiger partial charge in [0.25, 0.3) is 12.9 Å². The van der Waals surface area contributed by atoms with Crippen molar-refractivity contribution in [3.05, 3.63) is 0 Å². The molecule has 0 bridgehead atoms. The normalized spacial score (nSPS) is 3.60. The SMILES string of the molecule is O=CO.O=CO.O=C[O-].[Na+]. The Bertz CT molecular complexity index is 49.7. The number of hydrogen-bond acceptors (Lipinski definition) is 4. The zero-order chi connectivity index (χ0) is 8.12. The molecule has 0 spiro atoms. The Morgan fingerprint density at radius 2 is 1.00 bits per heavy atom. The van der Waals surface area contributed by atoms with Gasteiger partial charge in [-0.2, -0.15) is 0 Å². The van der Waals surface area contributed by atoms with Gasteiger partial charge in [0, 0.05) is 6.47 Å². The summed E-state index contributed by atoms with van der Waals surface area (Å²) in [4.78, 5) is 25.0. The van der Waals surface area contributed by atoms with Gasteiger partial charge in [-0.05, 0) is 0 Å². The van der Waals surface area contributed by atoms with Gasteiger partial charge >= 0.3 is 29.6 Å². The molecule has 0 aromatic carbocycles. The van der Waals surface area contributed by atoms with E-state index in [0.29, 0.717) is 0 Å². The van der Waals surface area contributed by atoms with Crippen LogP contribution in [0.5, 0.6) is 0 Å². The van der Waals surface area contributed by atoms with Crippen LogP contribution < -0.4 is 34.7 Å². The Kier molecular flexibility index (Phi) is 181. The van der Waals surface area contributed by atoms with Gasteiger partial charge in [-0.25, -0.2) is 0 Å². The molecule has 0 atom stereocenters. The van der Waals surface area contributed by atoms with E-state index in [0.717, 1.165) is 0 Å². The summed E-state index contributed by atoms with van der Waals surface area (Å²) in [5.74, 6) is 0. The first-order valence-corrected chi connectivity index (χ1v) is 1.46. The fourth-order valence-electron chi connectivity index (χ4n) is 0. The maximum atomic E-state index is 8.36. The minimum Gasteiger partial charge on any atom is -0.554 e. The summed E-state index contributed by atoms with van der Waals surface area (Å²) in [5, 5.41) is 22.0. The maximum Gasteiger partial charge on any atom is 1.00 e. The molecule has 7 heteroatoms. The van der Waals surface area contributed by atoms with Gasteiger partial charge in [0.05, 0.1) is 0 Å². The molecule has 0 amide bonds. The van der Waals surface area contributed by atoms with Gasteiger partial charge in [0.2, 0.25) is 0 Å². The summed E-state index contributed by atoms with van der Waals surface area (Å²) >= 11 is 0. The molecule has 10 heavy (non-hydrogen) atoms. The maximum absolute atomic E-state index is 8.36. The minimum absolute atomic E-state index is 0. The van der Waals surface area contributed by atoms with Crippen molar-refractivity contribution in [1.82, 2.24) is 0 Å². The molecule has 0 aromatic heterocycles. The van der Waals surface area contributed by atoms with E-state index in [2.05, 4.69) is 0 Å². The van der Waals surface area contributed by atoms with E-state index >= 15 is 0 Å². The Balaban J connectivity index is -0.0000000257. The van der Waals surface area contributed by atoms with Crippen LogP contribution in [0.2, 0.25) is 0 Å². The van der Waals surface area contributed by atoms with Crippen molar-refractivity contribution in [2.24, 2.45) is 0 Å². The van der Waals surface area contributed by atoms with Crippen LogP contribution in [0.4, 0.5) is 0 Å². The largest absolute Gasteiger partial charge is 1.00 e. The van der Waals surface area contributed by atoms with Crippen LogP contribution in [0.1, 0.15) is 0 Å². The molecule has 0 aliphatic carbocycles. The molecular formula is C3H5NaO6. The molecule has 0 aromatic rings. The van der Waals surface area contributed by atoms with Gasteiger partial charge in [-0.3, -0.25) is 9.59 Å². The fraction of sp³-hybridized carbons (Fsp3) is 0. The summed E-state index contributed by atoms with van der Waals surface area (Å²) < 4.78 is 0. The molecule has 0 rings (SSSR count). The fourth-order valence-corrected chi connectivity index (χ4v) is 0. The Morgan fingerprint density at radius 1 is 1.00 bits per heavy atom. The summed E-state index contributed by atoms with van der Waals surface area (Å²) in [6, 6.07) is 0. The monoisotopic (exact) mass is 160 g/mol. The van der Waals surface area contributed by atoms with E-state index in [4.69, 9.17) is 29.7 Å². The smallest absolute Gasteiger partial charge is 0.554 e. The average Bonchev–Trinajstić information content (AvgIpc) is 1.70. The standard InChI is InChI=1S/3CH2O2.Na/c3*2-1-3;/h3*1H,(H,2,3);/q;;;+1/p-1. The molecule has 2 N–H and O–H groups in total. The van der Waals surface area contributed by atoms with Crippen LogP contribution in [0.3, 0.4) is 0 Å². The predicted octanol–water partition coefficient (Wildman–Crippen LogP) is -5.23. The molecule has 54 valence electrons. The van der Waals surface area contributed by atoms with Crippen molar-refractivity contribution in [3.8, 4) is 0 Å². The molecule has 0 aliphatic heterocycles. The quantitative estimate of drug-likeness (QED) is 0.270. The van der Waals surface area contributed by atoms with Crippen LogP contribution in [0, 0.1) is 0 Å². The summed E-state index contributed by atoms with van der Waals surface area (Å²) in [6.45, 7) is -1.00. The van der Waals surface area contributed by atoms with Gasteiger partial charge < -0.3 is 20.1 Å². The third-order valence-electron chi connectivity index (χ3n) is 0. The molecule has 0 saturated carbocycles. The molecule has 6 nitrogen and oxygen atoms in total. The van der Waals surface area contributed by atoms with Crippen molar-refractivity contribution in [2.45, 2.75) is 0 Å². The third kappa shape index (κ3) is 875. The van der Waals surface area contributed by atoms with Crippen LogP contribution in [0.25, 0.3) is 0 Å². The molecule has 0 aliphatic rings. The average molecular weight is 160 g/mol. The van der Waals surface area contributed by atoms with Gasteiger partial charge in [0.1, 0.15) is 0 Å². The Hall–Kier alpha value is -0.590. The summed E-state index contributed by atoms with van der Waals surface area (Å²) in [6.07, 6.45) is 0. The Labute approximate surface area is 78.8 Å². The molecule has 0 saturated heterocycles. The summed E-state index contributed by atoms with van der Waals surface area (Å²) in [7, 11) is 0. The van der Waals surface area contributed by atoms with Gasteiger partial charge in [-0.1, -0.05) is 0 Å². The second kappa shape index (κ2) is 79.5. The second-order valence-electron chi connectivity index (χ2n) is 0.307. The molecule has 0 heterocycles. The van der Waals surface area contributed by atoms with E-state index in [-0.39, 0.29) is 42.5 Å². The van der Waals surface area contributed by atoms with Crippen LogP contribution in [-0.4, -0.2) is 29.6 Å². The topological polar surface area (TPSA) is 115 Å². The van der Waals surface area contributed by atoms with E-state index in [9.17, 15) is 0 Å². The first-order valence-electron chi connectivity index (χ1n) is 1.46. The molecule has 0 fully saturated rings. The number of carbonyl (C=O) groups excluding carboxylic acids is 1. The zero-order valence-corrected chi connectivity index (χ0v) is 7.26. The first-order chi connectivity index (χ1) is 4.24. The number of carbonyl (C=O) groups is 3. The van der Waals surface area contributed by atoms with Crippen molar-refractivity contribution in [2.75, 3.05) is 0 Å². The number of carboxylic acid groups (broad SMARTS) is 3. The zero-order valence-electron chi connectivity index (χ0n) is 5.26. The Morgan fingerprint density at radius 3 is 1.00 bits per heavy atom. The molecular weight excluding hydrogens is 155 g/mol. The molecule has 0 unspecified atom stereocenters. The van der Waals surface area contributed by atoms with Crippen molar-refractivity contribution < 1.29 is 59.3 Å². The second-order valence-corrected chi connectivity index (χ2v) is 0.307. The van der Waals surface area contributed by atoms with Crippen molar-refractivity contribution >= 4 is 19.4 Å². The van der Waals surface area contributed by atoms with Gasteiger partial charge in [-0.15, -0.1) is 0 Å². The van der Waals surface area contributed by atoms with E-state index < -0.39 is 6.47 Å². The predicted molar refractivity (Wildman–Crippen MR) is 23.4 cm³/mol. The van der Waals surface area contributed by atoms with Crippen molar-refractivity contribution in [3.63, 3.8) is 0 Å². The first kappa shape index (κ1) is 22.7.